The Balaban J connectivity index is 0.00000264. The summed E-state index contributed by atoms with van der Waals surface area (Å²) >= 11 is 6.15. The van der Waals surface area contributed by atoms with Gasteiger partial charge in [-0.15, -0.1) is 12.4 Å². The predicted molar refractivity (Wildman–Crippen MR) is 97.2 cm³/mol. The van der Waals surface area contributed by atoms with E-state index in [1.807, 2.05) is 6.92 Å². The molecule has 1 aromatic rings. The molecule has 0 saturated carbocycles. The van der Waals surface area contributed by atoms with Gasteiger partial charge in [-0.1, -0.05) is 18.5 Å². The molecule has 0 bridgehead atoms. The van der Waals surface area contributed by atoms with Crippen molar-refractivity contribution in [1.82, 2.24) is 10.2 Å². The third-order valence-electron chi connectivity index (χ3n) is 4.23. The van der Waals surface area contributed by atoms with Crippen LogP contribution in [-0.2, 0) is 0 Å². The maximum atomic E-state index is 12.6. The largest absolute Gasteiger partial charge is 0.496 e. The molecule has 130 valence electrons. The van der Waals surface area contributed by atoms with Crippen LogP contribution in [0.2, 0.25) is 5.02 Å². The van der Waals surface area contributed by atoms with Crippen molar-refractivity contribution in [2.24, 2.45) is 0 Å². The summed E-state index contributed by atoms with van der Waals surface area (Å²) in [6, 6.07) is 3.64. The van der Waals surface area contributed by atoms with Crippen LogP contribution in [-0.4, -0.2) is 43.6 Å². The molecule has 0 spiro atoms. The van der Waals surface area contributed by atoms with Gasteiger partial charge in [-0.3, -0.25) is 4.79 Å². The number of rotatable bonds is 6. The van der Waals surface area contributed by atoms with E-state index in [-0.39, 0.29) is 24.4 Å². The summed E-state index contributed by atoms with van der Waals surface area (Å²) in [5, 5.41) is 3.69. The molecule has 1 fully saturated rings. The van der Waals surface area contributed by atoms with Gasteiger partial charge in [0.2, 0.25) is 0 Å². The zero-order valence-electron chi connectivity index (χ0n) is 14.0. The number of halogens is 2. The average Bonchev–Trinajstić information content (AvgIpc) is 3.01. The molecule has 1 amide bonds. The first-order chi connectivity index (χ1) is 10.5. The zero-order valence-corrected chi connectivity index (χ0v) is 15.6. The van der Waals surface area contributed by atoms with E-state index in [2.05, 4.69) is 17.1 Å². The highest BCUT2D eigenvalue weighted by Crippen LogP contribution is 2.26. The van der Waals surface area contributed by atoms with Gasteiger partial charge in [-0.25, -0.2) is 0 Å². The maximum absolute atomic E-state index is 12.6. The molecule has 2 rings (SSSR count). The second-order valence-corrected chi connectivity index (χ2v) is 6.30. The summed E-state index contributed by atoms with van der Waals surface area (Å²) in [5.74, 6) is 0.445. The lowest BCUT2D eigenvalue weighted by Crippen LogP contribution is -2.42. The van der Waals surface area contributed by atoms with Crippen LogP contribution in [0.25, 0.3) is 0 Å². The number of likely N-dealkylation sites (tertiary alicyclic amines) is 1. The fourth-order valence-corrected chi connectivity index (χ4v) is 2.98. The first-order valence-electron chi connectivity index (χ1n) is 7.92. The summed E-state index contributed by atoms with van der Waals surface area (Å²) < 4.78 is 5.32. The molecular formula is C17H26Cl2N2O2. The highest BCUT2D eigenvalue weighted by atomic mass is 35.5. The molecule has 0 radical (unpaired) electrons. The van der Waals surface area contributed by atoms with Crippen LogP contribution in [0, 0.1) is 6.92 Å². The van der Waals surface area contributed by atoms with Crippen molar-refractivity contribution in [2.75, 3.05) is 26.7 Å². The van der Waals surface area contributed by atoms with Gasteiger partial charge in [0.15, 0.2) is 0 Å². The molecule has 1 aromatic carbocycles. The summed E-state index contributed by atoms with van der Waals surface area (Å²) in [7, 11) is 1.57. The number of nitrogens with zero attached hydrogens (tertiary/aromatic N) is 1. The lowest BCUT2D eigenvalue weighted by molar-refractivity contribution is 0.0923. The van der Waals surface area contributed by atoms with Gasteiger partial charge in [0.05, 0.1) is 12.7 Å². The number of carbonyl (C=O) groups is 1. The molecule has 0 aromatic heterocycles. The minimum Gasteiger partial charge on any atom is -0.496 e. The van der Waals surface area contributed by atoms with Crippen LogP contribution < -0.4 is 10.1 Å². The lowest BCUT2D eigenvalue weighted by atomic mass is 10.1. The standard InChI is InChI=1S/C17H25ClN2O2.ClH/c1-4-13(11-20-7-5-6-8-20)19-17(21)14-10-15(18)12(2)9-16(14)22-3;/h9-10,13H,4-8,11H2,1-3H3,(H,19,21);1H. The Kier molecular flexibility index (Phi) is 8.17. The average molecular weight is 361 g/mol. The Hall–Kier alpha value is -0.970. The van der Waals surface area contributed by atoms with Crippen molar-refractivity contribution < 1.29 is 9.53 Å². The Morgan fingerprint density at radius 1 is 1.39 bits per heavy atom. The number of hydrogen-bond donors (Lipinski definition) is 1. The van der Waals surface area contributed by atoms with Crippen LogP contribution in [0.1, 0.15) is 42.1 Å². The first kappa shape index (κ1) is 20.1. The van der Waals surface area contributed by atoms with E-state index in [1.165, 1.54) is 12.8 Å². The van der Waals surface area contributed by atoms with Gasteiger partial charge < -0.3 is 15.0 Å². The van der Waals surface area contributed by atoms with Gasteiger partial charge in [0.1, 0.15) is 5.75 Å². The van der Waals surface area contributed by atoms with E-state index < -0.39 is 0 Å². The summed E-state index contributed by atoms with van der Waals surface area (Å²) in [6.45, 7) is 7.16. The molecule has 6 heteroatoms. The number of nitrogens with one attached hydrogen (secondary N) is 1. The first-order valence-corrected chi connectivity index (χ1v) is 8.30. The fourth-order valence-electron chi connectivity index (χ4n) is 2.82. The second-order valence-electron chi connectivity index (χ2n) is 5.89. The normalized spacial score (nSPS) is 15.8. The second kappa shape index (κ2) is 9.36. The maximum Gasteiger partial charge on any atom is 0.255 e. The quantitative estimate of drug-likeness (QED) is 0.840. The van der Waals surface area contributed by atoms with E-state index in [1.54, 1.807) is 19.2 Å². The number of aryl methyl sites for hydroxylation is 1. The Bertz CT molecular complexity index is 532. The van der Waals surface area contributed by atoms with Crippen molar-refractivity contribution in [3.8, 4) is 5.75 Å². The van der Waals surface area contributed by atoms with E-state index >= 15 is 0 Å². The number of methoxy groups -OCH3 is 1. The molecule has 1 atom stereocenters. The third kappa shape index (κ3) is 5.27. The highest BCUT2D eigenvalue weighted by Gasteiger charge is 2.21. The topological polar surface area (TPSA) is 41.6 Å². The van der Waals surface area contributed by atoms with Crippen molar-refractivity contribution in [3.05, 3.63) is 28.3 Å². The van der Waals surface area contributed by atoms with Crippen LogP contribution in [0.5, 0.6) is 5.75 Å². The van der Waals surface area contributed by atoms with Gasteiger partial charge >= 0.3 is 0 Å². The number of hydrogen-bond acceptors (Lipinski definition) is 3. The van der Waals surface area contributed by atoms with Gasteiger partial charge in [-0.2, -0.15) is 0 Å². The van der Waals surface area contributed by atoms with Crippen LogP contribution in [0.3, 0.4) is 0 Å². The minimum absolute atomic E-state index is 0. The van der Waals surface area contributed by atoms with Crippen molar-refractivity contribution >= 4 is 29.9 Å². The van der Waals surface area contributed by atoms with Crippen LogP contribution in [0.4, 0.5) is 0 Å². The molecular weight excluding hydrogens is 335 g/mol. The highest BCUT2D eigenvalue weighted by molar-refractivity contribution is 6.31. The van der Waals surface area contributed by atoms with E-state index in [4.69, 9.17) is 16.3 Å². The molecule has 1 saturated heterocycles. The number of amides is 1. The molecule has 1 unspecified atom stereocenters. The third-order valence-corrected chi connectivity index (χ3v) is 4.64. The molecule has 23 heavy (non-hydrogen) atoms. The smallest absolute Gasteiger partial charge is 0.255 e. The van der Waals surface area contributed by atoms with Crippen molar-refractivity contribution in [3.63, 3.8) is 0 Å². The van der Waals surface area contributed by atoms with Gasteiger partial charge in [0, 0.05) is 17.6 Å². The minimum atomic E-state index is -0.121. The van der Waals surface area contributed by atoms with Crippen molar-refractivity contribution in [2.45, 2.75) is 39.2 Å². The van der Waals surface area contributed by atoms with Crippen LogP contribution >= 0.6 is 24.0 Å². The molecule has 1 aliphatic heterocycles. The Morgan fingerprint density at radius 2 is 2.04 bits per heavy atom. The lowest BCUT2D eigenvalue weighted by Gasteiger charge is -2.24. The van der Waals surface area contributed by atoms with Crippen LogP contribution in [0.15, 0.2) is 12.1 Å². The molecule has 1 heterocycles. The molecule has 4 nitrogen and oxygen atoms in total. The van der Waals surface area contributed by atoms with Gasteiger partial charge in [0.25, 0.3) is 5.91 Å². The van der Waals surface area contributed by atoms with E-state index in [0.29, 0.717) is 16.3 Å². The molecule has 1 N–H and O–H groups in total. The summed E-state index contributed by atoms with van der Waals surface area (Å²) in [6.07, 6.45) is 3.42. The zero-order chi connectivity index (χ0) is 16.1. The molecule has 1 aliphatic rings. The van der Waals surface area contributed by atoms with E-state index in [9.17, 15) is 4.79 Å². The molecule has 0 aliphatic carbocycles. The summed E-state index contributed by atoms with van der Waals surface area (Å²) in [4.78, 5) is 15.0. The predicted octanol–water partition coefficient (Wildman–Crippen LogP) is 3.68. The Morgan fingerprint density at radius 3 is 2.61 bits per heavy atom. The van der Waals surface area contributed by atoms with E-state index in [0.717, 1.165) is 31.6 Å². The fraction of sp³-hybridized carbons (Fsp3) is 0.588. The Labute approximate surface area is 149 Å². The summed E-state index contributed by atoms with van der Waals surface area (Å²) in [5.41, 5.74) is 1.40. The number of ether oxygens (including phenoxy) is 1. The van der Waals surface area contributed by atoms with Crippen molar-refractivity contribution in [1.29, 1.82) is 0 Å². The SMILES string of the molecule is CCC(CN1CCCC1)NC(=O)c1cc(Cl)c(C)cc1OC.Cl. The number of carbonyl (C=O) groups excluding carboxylic acids is 1. The monoisotopic (exact) mass is 360 g/mol. The number of benzene rings is 1. The van der Waals surface area contributed by atoms with Gasteiger partial charge in [-0.05, 0) is 57.0 Å².